The van der Waals surface area contributed by atoms with Crippen LogP contribution >= 0.6 is 0 Å². The second-order valence-corrected chi connectivity index (χ2v) is 14.1. The minimum atomic E-state index is -0.976. The number of aromatic nitrogens is 6. The van der Waals surface area contributed by atoms with Gasteiger partial charge in [-0.2, -0.15) is 4.98 Å². The van der Waals surface area contributed by atoms with Crippen molar-refractivity contribution in [3.05, 3.63) is 149 Å². The smallest absolute Gasteiger partial charge is 0.338 e. The van der Waals surface area contributed by atoms with Gasteiger partial charge in [0.25, 0.3) is 11.9 Å². The van der Waals surface area contributed by atoms with E-state index < -0.39 is 41.8 Å². The van der Waals surface area contributed by atoms with E-state index in [0.717, 1.165) is 0 Å². The predicted molar refractivity (Wildman–Crippen MR) is 220 cm³/mol. The van der Waals surface area contributed by atoms with E-state index >= 15 is 4.39 Å². The summed E-state index contributed by atoms with van der Waals surface area (Å²) < 4.78 is 51.1. The number of carbonyl (C=O) groups excluding carboxylic acids is 3. The van der Waals surface area contributed by atoms with E-state index in [9.17, 15) is 14.4 Å². The van der Waals surface area contributed by atoms with Gasteiger partial charge in [-0.1, -0.05) is 42.5 Å². The summed E-state index contributed by atoms with van der Waals surface area (Å²) in [5.74, 6) is -3.35. The number of pyridine rings is 1. The average molecular weight is 847 g/mol. The molecule has 1 amide bonds. The van der Waals surface area contributed by atoms with E-state index in [4.69, 9.17) is 33.8 Å². The van der Waals surface area contributed by atoms with Gasteiger partial charge in [-0.3, -0.25) is 20.0 Å². The van der Waals surface area contributed by atoms with Gasteiger partial charge < -0.3 is 33.7 Å². The minimum absolute atomic E-state index is 0.0508. The second-order valence-electron chi connectivity index (χ2n) is 14.1. The van der Waals surface area contributed by atoms with Gasteiger partial charge in [0.05, 0.1) is 30.6 Å². The van der Waals surface area contributed by atoms with Crippen molar-refractivity contribution in [1.82, 2.24) is 35.0 Å². The number of amides is 1. The van der Waals surface area contributed by atoms with E-state index in [0.29, 0.717) is 22.3 Å². The molecular weight excluding hydrogens is 804 g/mol. The molecule has 320 valence electrons. The number of methoxy groups -OCH3 is 2. The number of nitrogens with one attached hydrogen (secondary N) is 2. The van der Waals surface area contributed by atoms with Crippen LogP contribution in [0.4, 0.5) is 4.39 Å². The molecule has 62 heavy (non-hydrogen) atoms. The first kappa shape index (κ1) is 44.0. The molecule has 6 rings (SSSR count). The van der Waals surface area contributed by atoms with E-state index in [-0.39, 0.29) is 66.9 Å². The fourth-order valence-corrected chi connectivity index (χ4v) is 5.99. The first-order chi connectivity index (χ1) is 30.0. The Kier molecular flexibility index (Phi) is 14.6. The maximum Gasteiger partial charge on any atom is 0.338 e. The minimum Gasteiger partial charge on any atom is -0.497 e. The van der Waals surface area contributed by atoms with Crippen LogP contribution in [-0.4, -0.2) is 94.2 Å². The molecule has 17 nitrogen and oxygen atoms in total. The van der Waals surface area contributed by atoms with E-state index in [1.54, 1.807) is 74.5 Å². The normalized spacial score (nSPS) is 11.6. The van der Waals surface area contributed by atoms with Crippen LogP contribution in [0, 0.1) is 16.6 Å². The third-order valence-electron chi connectivity index (χ3n) is 9.18. The molecule has 1 atom stereocenters. The van der Waals surface area contributed by atoms with Crippen molar-refractivity contribution in [2.75, 3.05) is 40.8 Å². The lowest BCUT2D eigenvalue weighted by Gasteiger charge is -2.21. The van der Waals surface area contributed by atoms with Gasteiger partial charge >= 0.3 is 17.9 Å². The quantitative estimate of drug-likeness (QED) is 0.0338. The molecule has 0 aliphatic carbocycles. The molecule has 0 radical (unpaired) electrons. The zero-order chi connectivity index (χ0) is 44.1. The Labute approximate surface area is 355 Å². The molecule has 0 unspecified atom stereocenters. The highest BCUT2D eigenvalue weighted by Crippen LogP contribution is 2.37. The van der Waals surface area contributed by atoms with E-state index in [2.05, 4.69) is 30.4 Å². The topological polar surface area (TPSA) is 212 Å². The van der Waals surface area contributed by atoms with Crippen molar-refractivity contribution in [3.63, 3.8) is 0 Å². The summed E-state index contributed by atoms with van der Waals surface area (Å²) in [5, 5.41) is 15.8. The van der Waals surface area contributed by atoms with Crippen molar-refractivity contribution in [2.45, 2.75) is 26.2 Å². The Morgan fingerprint density at radius 3 is 2.26 bits per heavy atom. The van der Waals surface area contributed by atoms with Crippen molar-refractivity contribution >= 4 is 23.7 Å². The van der Waals surface area contributed by atoms with Crippen molar-refractivity contribution in [3.8, 4) is 23.5 Å². The van der Waals surface area contributed by atoms with Gasteiger partial charge in [0.15, 0.2) is 17.4 Å². The summed E-state index contributed by atoms with van der Waals surface area (Å²) >= 11 is 0. The van der Waals surface area contributed by atoms with Crippen LogP contribution < -0.4 is 19.5 Å². The number of rotatable bonds is 19. The molecule has 18 heteroatoms. The molecule has 3 aromatic heterocycles. The molecule has 2 N–H and O–H groups in total. The molecule has 3 heterocycles. The van der Waals surface area contributed by atoms with Gasteiger partial charge in [-0.25, -0.2) is 19.2 Å². The fraction of sp³-hybridized carbons (Fsp3) is 0.250. The van der Waals surface area contributed by atoms with Crippen LogP contribution in [0.5, 0.6) is 17.5 Å². The van der Waals surface area contributed by atoms with Crippen molar-refractivity contribution in [2.24, 2.45) is 5.41 Å². The Morgan fingerprint density at radius 1 is 0.839 bits per heavy atom. The number of nitrogens with zero attached hydrogens (tertiary/aromatic N) is 6. The predicted octanol–water partition coefficient (Wildman–Crippen LogP) is 5.52. The van der Waals surface area contributed by atoms with Crippen LogP contribution in [0.15, 0.2) is 110 Å². The summed E-state index contributed by atoms with van der Waals surface area (Å²) in [5.41, 5.74) is 0.865. The first-order valence-corrected chi connectivity index (χ1v) is 19.1. The van der Waals surface area contributed by atoms with E-state index in [1.807, 2.05) is 0 Å². The third-order valence-corrected chi connectivity index (χ3v) is 9.18. The molecule has 6 aromatic rings. The molecule has 0 saturated carbocycles. The molecule has 0 fully saturated rings. The summed E-state index contributed by atoms with van der Waals surface area (Å²) in [6, 6.07) is 22.6. The molecule has 0 aliphatic rings. The molecule has 0 saturated heterocycles. The lowest BCUT2D eigenvalue weighted by Crippen LogP contribution is -2.32. The SMILES string of the molecule is COCC(C)(C)C(=O)OCOc1nc([C@H](Cc2ccc(C(=N)NC(=O)c3ccccc3)cc2)c2cc(OC)cc(OCCOC(=O)c3ccncc3)c2F)nn1-c1ncccn1. The highest BCUT2D eigenvalue weighted by Gasteiger charge is 2.31. The lowest BCUT2D eigenvalue weighted by molar-refractivity contribution is -0.163. The summed E-state index contributed by atoms with van der Waals surface area (Å²) in [6.07, 6.45) is 5.97. The van der Waals surface area contributed by atoms with Crippen LogP contribution in [0.1, 0.15) is 63.0 Å². The number of benzene rings is 3. The van der Waals surface area contributed by atoms with Crippen LogP contribution in [0.2, 0.25) is 0 Å². The zero-order valence-corrected chi connectivity index (χ0v) is 34.2. The molecule has 0 spiro atoms. The lowest BCUT2D eigenvalue weighted by atomic mass is 9.90. The third kappa shape index (κ3) is 11.2. The zero-order valence-electron chi connectivity index (χ0n) is 34.2. The summed E-state index contributed by atoms with van der Waals surface area (Å²) in [6.45, 7) is 2.47. The first-order valence-electron chi connectivity index (χ1n) is 19.1. The van der Waals surface area contributed by atoms with Gasteiger partial charge in [-0.15, -0.1) is 9.78 Å². The maximum atomic E-state index is 16.9. The highest BCUT2D eigenvalue weighted by atomic mass is 19.1. The maximum absolute atomic E-state index is 16.9. The molecule has 0 aliphatic heterocycles. The van der Waals surface area contributed by atoms with Crippen molar-refractivity contribution < 1.29 is 47.2 Å². The Balaban J connectivity index is 1.32. The Hall–Kier alpha value is -7.60. The number of hydrogen-bond acceptors (Lipinski definition) is 15. The van der Waals surface area contributed by atoms with Gasteiger partial charge in [0, 0.05) is 54.7 Å². The fourth-order valence-electron chi connectivity index (χ4n) is 5.99. The number of halogens is 1. The monoisotopic (exact) mass is 846 g/mol. The van der Waals surface area contributed by atoms with Crippen molar-refractivity contribution in [1.29, 1.82) is 5.41 Å². The average Bonchev–Trinajstić information content (AvgIpc) is 3.72. The van der Waals surface area contributed by atoms with E-state index in [1.165, 1.54) is 68.0 Å². The number of esters is 2. The van der Waals surface area contributed by atoms with Crippen LogP contribution in [0.3, 0.4) is 0 Å². The largest absolute Gasteiger partial charge is 0.497 e. The second kappa shape index (κ2) is 20.6. The molecule has 0 bridgehead atoms. The van der Waals surface area contributed by atoms with Gasteiger partial charge in [0.2, 0.25) is 6.79 Å². The number of hydrogen-bond donors (Lipinski definition) is 2. The Morgan fingerprint density at radius 2 is 1.56 bits per heavy atom. The number of ether oxygens (including phenoxy) is 6. The molecular formula is C44H43FN8O9. The van der Waals surface area contributed by atoms with Crippen LogP contribution in [-0.2, 0) is 25.4 Å². The van der Waals surface area contributed by atoms with Gasteiger partial charge in [-0.05, 0) is 62.2 Å². The number of amidine groups is 1. The highest BCUT2D eigenvalue weighted by molar-refractivity contribution is 6.11. The standard InChI is InChI=1S/C44H43FN8O9/c1-44(2,26-57-3)41(56)61-27-62-43-51-38(52-53(43)42-48-17-8-18-49-42)34(23-28-11-13-29(14-12-28)37(46)50-39(54)30-9-6-5-7-10-30)33-24-32(58-4)25-35(36(33)45)59-21-22-60-40(55)31-15-19-47-20-16-31/h5-20,24-25,34H,21-23,26-27H2,1-4H3,(H2,46,50,54)/t34-/m1/s1. The van der Waals surface area contributed by atoms with Crippen LogP contribution in [0.25, 0.3) is 5.95 Å². The number of carbonyl (C=O) groups is 3. The summed E-state index contributed by atoms with van der Waals surface area (Å²) in [7, 11) is 2.89. The van der Waals surface area contributed by atoms with Gasteiger partial charge in [0.1, 0.15) is 24.8 Å². The Bertz CT molecular complexity index is 2470. The molecule has 3 aromatic carbocycles. The summed E-state index contributed by atoms with van der Waals surface area (Å²) in [4.78, 5) is 55.2.